The minimum Gasteiger partial charge on any atom is -0.496 e. The summed E-state index contributed by atoms with van der Waals surface area (Å²) in [5.74, 6) is 1.35. The number of aliphatic imine (C=N–C) groups is 1. The fourth-order valence-electron chi connectivity index (χ4n) is 1.74. The molecule has 0 atom stereocenters. The normalized spacial score (nSPS) is 11.7. The minimum atomic E-state index is 0.521. The zero-order chi connectivity index (χ0) is 11.6. The molecule has 3 nitrogen and oxygen atoms in total. The predicted octanol–water partition coefficient (Wildman–Crippen LogP) is 1.96. The summed E-state index contributed by atoms with van der Waals surface area (Å²) in [6.07, 6.45) is 0. The predicted molar refractivity (Wildman–Crippen MR) is 63.9 cm³/mol. The van der Waals surface area contributed by atoms with Crippen molar-refractivity contribution in [1.29, 1.82) is 0 Å². The van der Waals surface area contributed by atoms with Crippen LogP contribution in [0.5, 0.6) is 5.75 Å². The number of nitrogens with two attached hydrogens (primary N) is 1. The third-order valence-electron chi connectivity index (χ3n) is 2.69. The van der Waals surface area contributed by atoms with E-state index in [1.165, 1.54) is 5.56 Å². The average molecular weight is 206 g/mol. The van der Waals surface area contributed by atoms with E-state index in [0.717, 1.165) is 22.4 Å². The van der Waals surface area contributed by atoms with Crippen molar-refractivity contribution in [2.75, 3.05) is 14.2 Å². The van der Waals surface area contributed by atoms with Crippen molar-refractivity contribution in [3.05, 3.63) is 28.3 Å². The molecule has 0 bridgehead atoms. The van der Waals surface area contributed by atoms with Crippen LogP contribution in [0, 0.1) is 20.8 Å². The summed E-state index contributed by atoms with van der Waals surface area (Å²) in [6, 6.07) is 2.10. The largest absolute Gasteiger partial charge is 0.496 e. The van der Waals surface area contributed by atoms with Gasteiger partial charge in [-0.05, 0) is 37.5 Å². The molecule has 0 aliphatic rings. The van der Waals surface area contributed by atoms with Crippen LogP contribution in [0.4, 0.5) is 0 Å². The number of aryl methyl sites for hydroxylation is 2. The van der Waals surface area contributed by atoms with Crippen molar-refractivity contribution in [1.82, 2.24) is 0 Å². The van der Waals surface area contributed by atoms with Gasteiger partial charge in [-0.3, -0.25) is 4.99 Å². The third kappa shape index (κ3) is 1.96. The number of hydrogen-bond acceptors (Lipinski definition) is 2. The Hall–Kier alpha value is -1.51. The van der Waals surface area contributed by atoms with Gasteiger partial charge in [0.05, 0.1) is 12.7 Å². The van der Waals surface area contributed by atoms with E-state index in [1.54, 1.807) is 14.2 Å². The van der Waals surface area contributed by atoms with Crippen LogP contribution in [-0.2, 0) is 0 Å². The molecule has 0 saturated heterocycles. The number of nitrogens with zero attached hydrogens (tertiary/aromatic N) is 1. The van der Waals surface area contributed by atoms with E-state index in [2.05, 4.69) is 18.0 Å². The molecule has 0 saturated carbocycles. The molecule has 0 fully saturated rings. The van der Waals surface area contributed by atoms with Gasteiger partial charge >= 0.3 is 0 Å². The van der Waals surface area contributed by atoms with E-state index in [-0.39, 0.29) is 0 Å². The van der Waals surface area contributed by atoms with Crippen LogP contribution < -0.4 is 10.5 Å². The number of amidine groups is 1. The zero-order valence-corrected chi connectivity index (χ0v) is 10.0. The number of hydrogen-bond donors (Lipinski definition) is 1. The molecule has 1 rings (SSSR count). The number of rotatable bonds is 2. The lowest BCUT2D eigenvalue weighted by Crippen LogP contribution is -2.17. The quantitative estimate of drug-likeness (QED) is 0.594. The summed E-state index contributed by atoms with van der Waals surface area (Å²) in [7, 11) is 3.34. The highest BCUT2D eigenvalue weighted by Gasteiger charge is 2.14. The Kier molecular flexibility index (Phi) is 3.35. The highest BCUT2D eigenvalue weighted by atomic mass is 16.5. The number of methoxy groups -OCH3 is 1. The van der Waals surface area contributed by atoms with Gasteiger partial charge in [0.1, 0.15) is 11.6 Å². The van der Waals surface area contributed by atoms with E-state index in [0.29, 0.717) is 5.84 Å². The van der Waals surface area contributed by atoms with Gasteiger partial charge in [0.15, 0.2) is 0 Å². The van der Waals surface area contributed by atoms with Gasteiger partial charge in [0.25, 0.3) is 0 Å². The minimum absolute atomic E-state index is 0.521. The summed E-state index contributed by atoms with van der Waals surface area (Å²) in [5, 5.41) is 0. The Morgan fingerprint density at radius 3 is 2.33 bits per heavy atom. The summed E-state index contributed by atoms with van der Waals surface area (Å²) in [4.78, 5) is 4.01. The topological polar surface area (TPSA) is 47.6 Å². The van der Waals surface area contributed by atoms with E-state index in [4.69, 9.17) is 10.5 Å². The Balaban J connectivity index is 3.56. The van der Waals surface area contributed by atoms with Crippen molar-refractivity contribution >= 4 is 5.84 Å². The lowest BCUT2D eigenvalue weighted by molar-refractivity contribution is 0.410. The summed E-state index contributed by atoms with van der Waals surface area (Å²) >= 11 is 0. The van der Waals surface area contributed by atoms with Gasteiger partial charge in [0.2, 0.25) is 0 Å². The van der Waals surface area contributed by atoms with Crippen molar-refractivity contribution < 1.29 is 4.74 Å². The summed E-state index contributed by atoms with van der Waals surface area (Å²) in [5.41, 5.74) is 10.2. The second-order valence-corrected chi connectivity index (χ2v) is 3.65. The Morgan fingerprint density at radius 2 is 1.87 bits per heavy atom. The molecule has 0 radical (unpaired) electrons. The van der Waals surface area contributed by atoms with E-state index < -0.39 is 0 Å². The third-order valence-corrected chi connectivity index (χ3v) is 2.69. The fourth-order valence-corrected chi connectivity index (χ4v) is 1.74. The van der Waals surface area contributed by atoms with Crippen LogP contribution in [0.25, 0.3) is 0 Å². The molecular weight excluding hydrogens is 188 g/mol. The van der Waals surface area contributed by atoms with Crippen LogP contribution in [-0.4, -0.2) is 20.0 Å². The summed E-state index contributed by atoms with van der Waals surface area (Å²) < 4.78 is 5.40. The van der Waals surface area contributed by atoms with E-state index in [1.807, 2.05) is 13.8 Å². The van der Waals surface area contributed by atoms with Gasteiger partial charge in [-0.1, -0.05) is 6.07 Å². The SMILES string of the molecule is CN=C(N)c1c(C)cc(C)c(C)c1OC. The Bertz CT molecular complexity index is 409. The maximum absolute atomic E-state index is 5.86. The van der Waals surface area contributed by atoms with Gasteiger partial charge in [-0.15, -0.1) is 0 Å². The highest BCUT2D eigenvalue weighted by Crippen LogP contribution is 2.29. The smallest absolute Gasteiger partial charge is 0.133 e. The maximum Gasteiger partial charge on any atom is 0.133 e. The van der Waals surface area contributed by atoms with Crippen molar-refractivity contribution in [2.45, 2.75) is 20.8 Å². The molecule has 1 aromatic rings. The van der Waals surface area contributed by atoms with Gasteiger partial charge in [0, 0.05) is 7.05 Å². The van der Waals surface area contributed by atoms with Crippen LogP contribution in [0.1, 0.15) is 22.3 Å². The standard InChI is InChI=1S/C12H18N2O/c1-7-6-8(2)10(12(13)14-4)11(15-5)9(7)3/h6H,1-5H3,(H2,13,14). The fraction of sp³-hybridized carbons (Fsp3) is 0.417. The van der Waals surface area contributed by atoms with Gasteiger partial charge in [-0.2, -0.15) is 0 Å². The Labute approximate surface area is 91.0 Å². The molecule has 15 heavy (non-hydrogen) atoms. The van der Waals surface area contributed by atoms with Crippen LogP contribution in [0.3, 0.4) is 0 Å². The maximum atomic E-state index is 5.86. The van der Waals surface area contributed by atoms with Gasteiger partial charge < -0.3 is 10.5 Å². The molecule has 82 valence electrons. The average Bonchev–Trinajstić information content (AvgIpc) is 2.21. The van der Waals surface area contributed by atoms with E-state index >= 15 is 0 Å². The molecule has 1 aromatic carbocycles. The molecule has 0 heterocycles. The molecule has 2 N–H and O–H groups in total. The summed E-state index contributed by atoms with van der Waals surface area (Å²) in [6.45, 7) is 6.11. The zero-order valence-electron chi connectivity index (χ0n) is 10.0. The van der Waals surface area contributed by atoms with Crippen LogP contribution >= 0.6 is 0 Å². The van der Waals surface area contributed by atoms with Gasteiger partial charge in [-0.25, -0.2) is 0 Å². The molecule has 3 heteroatoms. The molecule has 0 aromatic heterocycles. The molecule has 0 spiro atoms. The second kappa shape index (κ2) is 4.34. The van der Waals surface area contributed by atoms with Crippen molar-refractivity contribution in [3.63, 3.8) is 0 Å². The number of benzene rings is 1. The first-order chi connectivity index (χ1) is 7.02. The Morgan fingerprint density at radius 1 is 1.27 bits per heavy atom. The molecular formula is C12H18N2O. The number of ether oxygens (including phenoxy) is 1. The van der Waals surface area contributed by atoms with Crippen LogP contribution in [0.15, 0.2) is 11.1 Å². The first kappa shape index (κ1) is 11.6. The van der Waals surface area contributed by atoms with Crippen LogP contribution in [0.2, 0.25) is 0 Å². The first-order valence-electron chi connectivity index (χ1n) is 4.90. The van der Waals surface area contributed by atoms with E-state index in [9.17, 15) is 0 Å². The molecule has 0 amide bonds. The van der Waals surface area contributed by atoms with Crippen molar-refractivity contribution in [2.24, 2.45) is 10.7 Å². The molecule has 0 unspecified atom stereocenters. The first-order valence-corrected chi connectivity index (χ1v) is 4.90. The lowest BCUT2D eigenvalue weighted by Gasteiger charge is -2.15. The van der Waals surface area contributed by atoms with Crippen molar-refractivity contribution in [3.8, 4) is 5.75 Å². The lowest BCUT2D eigenvalue weighted by atomic mass is 9.98. The second-order valence-electron chi connectivity index (χ2n) is 3.65. The monoisotopic (exact) mass is 206 g/mol. The molecule has 0 aliphatic carbocycles. The molecule has 0 aliphatic heterocycles. The highest BCUT2D eigenvalue weighted by molar-refractivity contribution is 6.01.